The van der Waals surface area contributed by atoms with Crippen LogP contribution in [0.25, 0.3) is 0 Å². The molecule has 1 aromatic carbocycles. The van der Waals surface area contributed by atoms with Crippen molar-refractivity contribution in [2.24, 2.45) is 11.7 Å². The molecule has 0 radical (unpaired) electrons. The highest BCUT2D eigenvalue weighted by atomic mass is 16.2. The Morgan fingerprint density at radius 1 is 1.32 bits per heavy atom. The van der Waals surface area contributed by atoms with Crippen LogP contribution in [0.2, 0.25) is 0 Å². The van der Waals surface area contributed by atoms with Crippen molar-refractivity contribution in [3.05, 3.63) is 29.3 Å². The third-order valence-corrected chi connectivity index (χ3v) is 4.28. The highest BCUT2D eigenvalue weighted by molar-refractivity contribution is 5.97. The van der Waals surface area contributed by atoms with Gasteiger partial charge in [0, 0.05) is 30.3 Å². The molecular weight excluding hydrogens is 278 g/mol. The first-order chi connectivity index (χ1) is 10.5. The topological polar surface area (TPSA) is 84.2 Å². The summed E-state index contributed by atoms with van der Waals surface area (Å²) in [4.78, 5) is 24.1. The number of hydrogen-bond acceptors (Lipinski definition) is 3. The summed E-state index contributed by atoms with van der Waals surface area (Å²) in [5, 5.41) is 5.68. The fourth-order valence-corrected chi connectivity index (χ4v) is 2.92. The number of carbonyl (C=O) groups is 2. The molecule has 4 N–H and O–H groups in total. The molecule has 1 saturated carbocycles. The predicted octanol–water partition coefficient (Wildman–Crippen LogP) is 2.20. The Morgan fingerprint density at radius 2 is 2.09 bits per heavy atom. The van der Waals surface area contributed by atoms with Crippen molar-refractivity contribution in [2.75, 3.05) is 11.9 Å². The lowest BCUT2D eigenvalue weighted by molar-refractivity contribution is -0.117. The van der Waals surface area contributed by atoms with E-state index >= 15 is 0 Å². The highest BCUT2D eigenvalue weighted by Crippen LogP contribution is 2.27. The van der Waals surface area contributed by atoms with Crippen LogP contribution in [-0.2, 0) is 4.79 Å². The normalized spacial score (nSPS) is 20.7. The van der Waals surface area contributed by atoms with Gasteiger partial charge in [-0.1, -0.05) is 12.5 Å². The van der Waals surface area contributed by atoms with E-state index in [2.05, 4.69) is 10.6 Å². The minimum atomic E-state index is -0.129. The van der Waals surface area contributed by atoms with Gasteiger partial charge in [0.05, 0.1) is 0 Å². The van der Waals surface area contributed by atoms with Crippen molar-refractivity contribution >= 4 is 17.5 Å². The van der Waals surface area contributed by atoms with Gasteiger partial charge in [0.25, 0.3) is 5.91 Å². The molecule has 1 aromatic rings. The van der Waals surface area contributed by atoms with Crippen molar-refractivity contribution < 1.29 is 9.59 Å². The SMILES string of the molecule is CCNC(=O)c1ccc(C)c(NC(=O)C[C@@H]2CCC[C@H]2N)c1. The van der Waals surface area contributed by atoms with Gasteiger partial charge < -0.3 is 16.4 Å². The molecule has 1 fully saturated rings. The zero-order valence-corrected chi connectivity index (χ0v) is 13.3. The van der Waals surface area contributed by atoms with Crippen LogP contribution in [0.3, 0.4) is 0 Å². The fraction of sp³-hybridized carbons (Fsp3) is 0.529. The Kier molecular flexibility index (Phi) is 5.55. The van der Waals surface area contributed by atoms with E-state index in [0.29, 0.717) is 24.2 Å². The van der Waals surface area contributed by atoms with Crippen LogP contribution in [0.5, 0.6) is 0 Å². The summed E-state index contributed by atoms with van der Waals surface area (Å²) in [6.07, 6.45) is 3.58. The van der Waals surface area contributed by atoms with Crippen LogP contribution in [0.4, 0.5) is 5.69 Å². The van der Waals surface area contributed by atoms with Gasteiger partial charge in [0.1, 0.15) is 0 Å². The van der Waals surface area contributed by atoms with E-state index in [1.807, 2.05) is 19.9 Å². The van der Waals surface area contributed by atoms with Gasteiger partial charge in [-0.3, -0.25) is 9.59 Å². The lowest BCUT2D eigenvalue weighted by Gasteiger charge is -2.16. The van der Waals surface area contributed by atoms with E-state index in [0.717, 1.165) is 24.8 Å². The zero-order valence-electron chi connectivity index (χ0n) is 13.3. The Hall–Kier alpha value is -1.88. The number of carbonyl (C=O) groups excluding carboxylic acids is 2. The van der Waals surface area contributed by atoms with Crippen molar-refractivity contribution in [3.63, 3.8) is 0 Å². The standard InChI is InChI=1S/C17H25N3O2/c1-3-19-17(22)13-8-7-11(2)15(9-13)20-16(21)10-12-5-4-6-14(12)18/h7-9,12,14H,3-6,10,18H2,1-2H3,(H,19,22)(H,20,21)/t12-,14+/m0/s1. The van der Waals surface area contributed by atoms with Crippen LogP contribution in [0, 0.1) is 12.8 Å². The maximum atomic E-state index is 12.2. The molecule has 1 aliphatic rings. The molecule has 0 unspecified atom stereocenters. The summed E-state index contributed by atoms with van der Waals surface area (Å²) in [7, 11) is 0. The summed E-state index contributed by atoms with van der Waals surface area (Å²) in [6.45, 7) is 4.37. The first-order valence-electron chi connectivity index (χ1n) is 7.95. The number of aryl methyl sites for hydroxylation is 1. The van der Waals surface area contributed by atoms with Crippen LogP contribution in [0.15, 0.2) is 18.2 Å². The summed E-state index contributed by atoms with van der Waals surface area (Å²) < 4.78 is 0. The number of amides is 2. The minimum absolute atomic E-state index is 0.0292. The summed E-state index contributed by atoms with van der Waals surface area (Å²) in [6, 6.07) is 5.48. The molecular formula is C17H25N3O2. The van der Waals surface area contributed by atoms with Crippen molar-refractivity contribution in [3.8, 4) is 0 Å². The van der Waals surface area contributed by atoms with Crippen LogP contribution < -0.4 is 16.4 Å². The zero-order chi connectivity index (χ0) is 16.1. The van der Waals surface area contributed by atoms with Gasteiger partial charge in [-0.05, 0) is 50.3 Å². The molecule has 0 aliphatic heterocycles. The van der Waals surface area contributed by atoms with E-state index < -0.39 is 0 Å². The Bertz CT molecular complexity index is 557. The van der Waals surface area contributed by atoms with E-state index in [9.17, 15) is 9.59 Å². The van der Waals surface area contributed by atoms with E-state index in [4.69, 9.17) is 5.73 Å². The second-order valence-electron chi connectivity index (χ2n) is 6.00. The highest BCUT2D eigenvalue weighted by Gasteiger charge is 2.26. The third kappa shape index (κ3) is 4.07. The summed E-state index contributed by atoms with van der Waals surface area (Å²) in [5.41, 5.74) is 8.21. The first kappa shape index (κ1) is 16.5. The number of rotatable bonds is 5. The van der Waals surface area contributed by atoms with Crippen LogP contribution >= 0.6 is 0 Å². The molecule has 0 aromatic heterocycles. The van der Waals surface area contributed by atoms with Crippen molar-refractivity contribution in [2.45, 2.75) is 45.6 Å². The Morgan fingerprint density at radius 3 is 2.73 bits per heavy atom. The van der Waals surface area contributed by atoms with E-state index in [1.165, 1.54) is 0 Å². The second-order valence-corrected chi connectivity index (χ2v) is 6.00. The molecule has 1 aliphatic carbocycles. The molecule has 5 heteroatoms. The molecule has 22 heavy (non-hydrogen) atoms. The quantitative estimate of drug-likeness (QED) is 0.779. The maximum Gasteiger partial charge on any atom is 0.251 e. The monoisotopic (exact) mass is 303 g/mol. The van der Waals surface area contributed by atoms with Crippen LogP contribution in [0.1, 0.15) is 48.5 Å². The predicted molar refractivity (Wildman–Crippen MR) is 87.7 cm³/mol. The van der Waals surface area contributed by atoms with Gasteiger partial charge in [-0.25, -0.2) is 0 Å². The minimum Gasteiger partial charge on any atom is -0.352 e. The maximum absolute atomic E-state index is 12.2. The van der Waals surface area contributed by atoms with Gasteiger partial charge in [-0.15, -0.1) is 0 Å². The molecule has 0 bridgehead atoms. The molecule has 120 valence electrons. The smallest absolute Gasteiger partial charge is 0.251 e. The second kappa shape index (κ2) is 7.40. The van der Waals surface area contributed by atoms with Crippen LogP contribution in [-0.4, -0.2) is 24.4 Å². The van der Waals surface area contributed by atoms with E-state index in [-0.39, 0.29) is 23.8 Å². The van der Waals surface area contributed by atoms with E-state index in [1.54, 1.807) is 12.1 Å². The number of benzene rings is 1. The summed E-state index contributed by atoms with van der Waals surface area (Å²) in [5.74, 6) is 0.112. The van der Waals surface area contributed by atoms with Gasteiger partial charge in [-0.2, -0.15) is 0 Å². The van der Waals surface area contributed by atoms with Crippen molar-refractivity contribution in [1.29, 1.82) is 0 Å². The summed E-state index contributed by atoms with van der Waals surface area (Å²) >= 11 is 0. The molecule has 0 spiro atoms. The van der Waals surface area contributed by atoms with Gasteiger partial charge in [0.2, 0.25) is 5.91 Å². The Labute approximate surface area is 131 Å². The molecule has 0 saturated heterocycles. The third-order valence-electron chi connectivity index (χ3n) is 4.28. The van der Waals surface area contributed by atoms with Crippen molar-refractivity contribution in [1.82, 2.24) is 5.32 Å². The number of nitrogens with one attached hydrogen (secondary N) is 2. The number of hydrogen-bond donors (Lipinski definition) is 3. The van der Waals surface area contributed by atoms with Gasteiger partial charge in [0.15, 0.2) is 0 Å². The molecule has 2 atom stereocenters. The average molecular weight is 303 g/mol. The number of anilines is 1. The lowest BCUT2D eigenvalue weighted by Crippen LogP contribution is -2.28. The first-order valence-corrected chi connectivity index (χ1v) is 7.95. The average Bonchev–Trinajstić information content (AvgIpc) is 2.87. The largest absolute Gasteiger partial charge is 0.352 e. The van der Waals surface area contributed by atoms with Gasteiger partial charge >= 0.3 is 0 Å². The molecule has 0 heterocycles. The molecule has 2 rings (SSSR count). The Balaban J connectivity index is 2.03. The lowest BCUT2D eigenvalue weighted by atomic mass is 9.99. The fourth-order valence-electron chi connectivity index (χ4n) is 2.92. The molecule has 5 nitrogen and oxygen atoms in total. The number of nitrogens with two attached hydrogens (primary N) is 1. The molecule has 2 amide bonds.